The van der Waals surface area contributed by atoms with E-state index in [0.29, 0.717) is 18.9 Å². The summed E-state index contributed by atoms with van der Waals surface area (Å²) in [5, 5.41) is 4.02. The van der Waals surface area contributed by atoms with E-state index in [1.165, 1.54) is 0 Å². The van der Waals surface area contributed by atoms with E-state index in [4.69, 9.17) is 0 Å². The molecule has 2 aromatic rings. The van der Waals surface area contributed by atoms with Gasteiger partial charge in [-0.2, -0.15) is 0 Å². The molecule has 1 fully saturated rings. The number of aryl methyl sites for hydroxylation is 1. The highest BCUT2D eigenvalue weighted by Gasteiger charge is 2.34. The zero-order valence-electron chi connectivity index (χ0n) is 13.9. The minimum Gasteiger partial charge on any atom is -0.350 e. The van der Waals surface area contributed by atoms with Crippen LogP contribution in [0.4, 0.5) is 5.69 Å². The monoisotopic (exact) mass is 313 g/mol. The van der Waals surface area contributed by atoms with Crippen molar-refractivity contribution in [2.45, 2.75) is 20.3 Å². The standard InChI is InChI=1S/C18H23N3O2/c1-12(2)10-21-11-13(9-17(21)22)18(23)19-15-5-4-6-16-14(15)7-8-20(16)3/h4-8,12-13H,9-11H2,1-3H3,(H,19,23)/t13-/m0/s1. The van der Waals surface area contributed by atoms with Gasteiger partial charge in [0.25, 0.3) is 0 Å². The summed E-state index contributed by atoms with van der Waals surface area (Å²) in [6, 6.07) is 7.86. The number of nitrogens with zero attached hydrogens (tertiary/aromatic N) is 2. The van der Waals surface area contributed by atoms with Crippen LogP contribution in [-0.4, -0.2) is 34.4 Å². The number of likely N-dealkylation sites (tertiary alicyclic amines) is 1. The summed E-state index contributed by atoms with van der Waals surface area (Å²) in [6.45, 7) is 5.40. The maximum atomic E-state index is 12.5. The lowest BCUT2D eigenvalue weighted by Crippen LogP contribution is -2.31. The van der Waals surface area contributed by atoms with Gasteiger partial charge in [0.05, 0.1) is 11.6 Å². The minimum atomic E-state index is -0.264. The first-order valence-electron chi connectivity index (χ1n) is 8.08. The Kier molecular flexibility index (Phi) is 4.11. The first-order valence-corrected chi connectivity index (χ1v) is 8.08. The molecule has 1 saturated heterocycles. The predicted molar refractivity (Wildman–Crippen MR) is 91.1 cm³/mol. The third-order valence-corrected chi connectivity index (χ3v) is 4.36. The molecule has 1 aliphatic heterocycles. The van der Waals surface area contributed by atoms with Gasteiger partial charge in [0.15, 0.2) is 0 Å². The number of amides is 2. The van der Waals surface area contributed by atoms with Crippen molar-refractivity contribution < 1.29 is 9.59 Å². The quantitative estimate of drug-likeness (QED) is 0.943. The molecule has 122 valence electrons. The molecular weight excluding hydrogens is 290 g/mol. The molecule has 0 radical (unpaired) electrons. The van der Waals surface area contributed by atoms with Crippen LogP contribution in [0.1, 0.15) is 20.3 Å². The largest absolute Gasteiger partial charge is 0.350 e. The van der Waals surface area contributed by atoms with Gasteiger partial charge < -0.3 is 14.8 Å². The normalized spacial score (nSPS) is 18.2. The second kappa shape index (κ2) is 6.07. The number of rotatable bonds is 4. The average Bonchev–Trinajstić information content (AvgIpc) is 3.04. The Morgan fingerprint density at radius 3 is 2.87 bits per heavy atom. The van der Waals surface area contributed by atoms with Crippen molar-refractivity contribution in [3.63, 3.8) is 0 Å². The second-order valence-corrected chi connectivity index (χ2v) is 6.75. The summed E-state index contributed by atoms with van der Waals surface area (Å²) in [5.41, 5.74) is 1.88. The van der Waals surface area contributed by atoms with E-state index in [2.05, 4.69) is 19.2 Å². The van der Waals surface area contributed by atoms with Gasteiger partial charge in [-0.15, -0.1) is 0 Å². The highest BCUT2D eigenvalue weighted by molar-refractivity contribution is 6.03. The lowest BCUT2D eigenvalue weighted by atomic mass is 10.1. The van der Waals surface area contributed by atoms with Gasteiger partial charge in [-0.05, 0) is 24.1 Å². The first-order chi connectivity index (χ1) is 11.0. The van der Waals surface area contributed by atoms with E-state index in [1.54, 1.807) is 4.90 Å². The first kappa shape index (κ1) is 15.6. The fourth-order valence-corrected chi connectivity index (χ4v) is 3.21. The highest BCUT2D eigenvalue weighted by Crippen LogP contribution is 2.26. The van der Waals surface area contributed by atoms with E-state index in [-0.39, 0.29) is 17.7 Å². The van der Waals surface area contributed by atoms with Gasteiger partial charge >= 0.3 is 0 Å². The maximum Gasteiger partial charge on any atom is 0.229 e. The maximum absolute atomic E-state index is 12.5. The van der Waals surface area contributed by atoms with Crippen LogP contribution in [0.15, 0.2) is 30.5 Å². The molecule has 0 aliphatic carbocycles. The molecular formula is C18H23N3O2. The smallest absolute Gasteiger partial charge is 0.229 e. The van der Waals surface area contributed by atoms with Crippen molar-refractivity contribution in [2.75, 3.05) is 18.4 Å². The molecule has 0 saturated carbocycles. The van der Waals surface area contributed by atoms with Crippen molar-refractivity contribution in [1.29, 1.82) is 0 Å². The zero-order valence-corrected chi connectivity index (χ0v) is 13.9. The van der Waals surface area contributed by atoms with Gasteiger partial charge in [0.1, 0.15) is 0 Å². The summed E-state index contributed by atoms with van der Waals surface area (Å²) in [4.78, 5) is 26.4. The topological polar surface area (TPSA) is 54.3 Å². The summed E-state index contributed by atoms with van der Waals surface area (Å²) in [6.07, 6.45) is 2.28. The molecule has 1 aromatic heterocycles. The highest BCUT2D eigenvalue weighted by atomic mass is 16.2. The van der Waals surface area contributed by atoms with Crippen LogP contribution in [0.2, 0.25) is 0 Å². The van der Waals surface area contributed by atoms with Crippen molar-refractivity contribution in [3.05, 3.63) is 30.5 Å². The molecule has 3 rings (SSSR count). The lowest BCUT2D eigenvalue weighted by molar-refractivity contribution is -0.128. The Morgan fingerprint density at radius 1 is 1.35 bits per heavy atom. The number of nitrogens with one attached hydrogen (secondary N) is 1. The van der Waals surface area contributed by atoms with Crippen LogP contribution in [-0.2, 0) is 16.6 Å². The average molecular weight is 313 g/mol. The number of carbonyl (C=O) groups excluding carboxylic acids is 2. The second-order valence-electron chi connectivity index (χ2n) is 6.75. The van der Waals surface area contributed by atoms with Crippen molar-refractivity contribution in [3.8, 4) is 0 Å². The molecule has 1 aromatic carbocycles. The summed E-state index contributed by atoms with van der Waals surface area (Å²) >= 11 is 0. The van der Waals surface area contributed by atoms with E-state index in [1.807, 2.05) is 42.1 Å². The van der Waals surface area contributed by atoms with E-state index in [0.717, 1.165) is 23.1 Å². The molecule has 0 spiro atoms. The molecule has 5 heteroatoms. The Labute approximate surface area is 136 Å². The van der Waals surface area contributed by atoms with Crippen LogP contribution in [0.3, 0.4) is 0 Å². The van der Waals surface area contributed by atoms with Crippen LogP contribution in [0.5, 0.6) is 0 Å². The van der Waals surface area contributed by atoms with Gasteiger partial charge in [0.2, 0.25) is 11.8 Å². The fraction of sp³-hybridized carbons (Fsp3) is 0.444. The lowest BCUT2D eigenvalue weighted by Gasteiger charge is -2.18. The number of aromatic nitrogens is 1. The number of hydrogen-bond acceptors (Lipinski definition) is 2. The Balaban J connectivity index is 1.73. The number of benzene rings is 1. The van der Waals surface area contributed by atoms with E-state index in [9.17, 15) is 9.59 Å². The van der Waals surface area contributed by atoms with Gasteiger partial charge in [-0.25, -0.2) is 0 Å². The predicted octanol–water partition coefficient (Wildman–Crippen LogP) is 2.62. The number of anilines is 1. The Hall–Kier alpha value is -2.30. The van der Waals surface area contributed by atoms with Crippen molar-refractivity contribution in [1.82, 2.24) is 9.47 Å². The molecule has 1 aliphatic rings. The number of hydrogen-bond donors (Lipinski definition) is 1. The van der Waals surface area contributed by atoms with E-state index >= 15 is 0 Å². The van der Waals surface area contributed by atoms with E-state index < -0.39 is 0 Å². The van der Waals surface area contributed by atoms with Crippen LogP contribution in [0, 0.1) is 11.8 Å². The van der Waals surface area contributed by atoms with Gasteiger partial charge in [0, 0.05) is 43.7 Å². The molecule has 2 amide bonds. The van der Waals surface area contributed by atoms with Crippen LogP contribution >= 0.6 is 0 Å². The Bertz CT molecular complexity index is 748. The fourth-order valence-electron chi connectivity index (χ4n) is 3.21. The summed E-state index contributed by atoms with van der Waals surface area (Å²) in [5.74, 6) is 0.164. The number of fused-ring (bicyclic) bond motifs is 1. The third kappa shape index (κ3) is 3.09. The van der Waals surface area contributed by atoms with Crippen LogP contribution < -0.4 is 5.32 Å². The van der Waals surface area contributed by atoms with Crippen molar-refractivity contribution >= 4 is 28.4 Å². The molecule has 23 heavy (non-hydrogen) atoms. The Morgan fingerprint density at radius 2 is 2.13 bits per heavy atom. The third-order valence-electron chi connectivity index (χ3n) is 4.36. The minimum absolute atomic E-state index is 0.0686. The molecule has 1 atom stereocenters. The van der Waals surface area contributed by atoms with Crippen LogP contribution in [0.25, 0.3) is 10.9 Å². The molecule has 0 unspecified atom stereocenters. The SMILES string of the molecule is CC(C)CN1C[C@@H](C(=O)Nc2cccc3c2ccn3C)CC1=O. The summed E-state index contributed by atoms with van der Waals surface area (Å²) < 4.78 is 2.02. The van der Waals surface area contributed by atoms with Gasteiger partial charge in [-0.3, -0.25) is 9.59 Å². The molecule has 1 N–H and O–H groups in total. The number of carbonyl (C=O) groups is 2. The zero-order chi connectivity index (χ0) is 16.6. The van der Waals surface area contributed by atoms with Crippen molar-refractivity contribution in [2.24, 2.45) is 18.9 Å². The summed E-state index contributed by atoms with van der Waals surface area (Å²) in [7, 11) is 1.98. The molecule has 0 bridgehead atoms. The van der Waals surface area contributed by atoms with Gasteiger partial charge in [-0.1, -0.05) is 19.9 Å². The molecule has 2 heterocycles. The molecule has 5 nitrogen and oxygen atoms in total.